The molecule has 3 rings (SSSR count). The SMILES string of the molecule is CCNC1CC(c2cccc(Cl)c2F)Oc2ccccc21. The maximum absolute atomic E-state index is 14.2. The molecule has 21 heavy (non-hydrogen) atoms. The first-order valence-electron chi connectivity index (χ1n) is 7.13. The van der Waals surface area contributed by atoms with Gasteiger partial charge in [-0.25, -0.2) is 4.39 Å². The van der Waals surface area contributed by atoms with Crippen LogP contribution in [0.5, 0.6) is 5.75 Å². The van der Waals surface area contributed by atoms with E-state index in [0.29, 0.717) is 12.0 Å². The van der Waals surface area contributed by atoms with E-state index >= 15 is 0 Å². The summed E-state index contributed by atoms with van der Waals surface area (Å²) in [6, 6.07) is 13.1. The molecule has 110 valence electrons. The zero-order chi connectivity index (χ0) is 14.8. The standard InChI is InChI=1S/C17H17ClFNO/c1-2-20-14-10-16(12-7-5-8-13(18)17(12)19)21-15-9-4-3-6-11(14)15/h3-9,14,16,20H,2,10H2,1H3. The molecule has 0 aromatic heterocycles. The molecule has 1 aliphatic heterocycles. The van der Waals surface area contributed by atoms with Gasteiger partial charge in [0.1, 0.15) is 17.7 Å². The van der Waals surface area contributed by atoms with Crippen LogP contribution in [0, 0.1) is 5.82 Å². The van der Waals surface area contributed by atoms with E-state index < -0.39 is 5.82 Å². The van der Waals surface area contributed by atoms with Gasteiger partial charge in [0.05, 0.1) is 5.02 Å². The largest absolute Gasteiger partial charge is 0.485 e. The summed E-state index contributed by atoms with van der Waals surface area (Å²) >= 11 is 5.88. The summed E-state index contributed by atoms with van der Waals surface area (Å²) in [6.45, 7) is 2.91. The fourth-order valence-electron chi connectivity index (χ4n) is 2.82. The normalized spacial score (nSPS) is 20.7. The van der Waals surface area contributed by atoms with Crippen LogP contribution in [-0.4, -0.2) is 6.54 Å². The maximum Gasteiger partial charge on any atom is 0.148 e. The minimum absolute atomic E-state index is 0.134. The highest BCUT2D eigenvalue weighted by Crippen LogP contribution is 2.41. The van der Waals surface area contributed by atoms with Crippen molar-refractivity contribution in [3.05, 3.63) is 64.4 Å². The number of halogens is 2. The van der Waals surface area contributed by atoms with Crippen LogP contribution >= 0.6 is 11.6 Å². The zero-order valence-corrected chi connectivity index (χ0v) is 12.5. The maximum atomic E-state index is 14.2. The van der Waals surface area contributed by atoms with Gasteiger partial charge >= 0.3 is 0 Å². The van der Waals surface area contributed by atoms with Crippen molar-refractivity contribution in [3.8, 4) is 5.75 Å². The Morgan fingerprint density at radius 1 is 1.19 bits per heavy atom. The molecule has 0 spiro atoms. The lowest BCUT2D eigenvalue weighted by atomic mass is 9.92. The van der Waals surface area contributed by atoms with E-state index in [2.05, 4.69) is 12.2 Å². The first-order valence-corrected chi connectivity index (χ1v) is 7.51. The molecule has 0 fully saturated rings. The van der Waals surface area contributed by atoms with Crippen LogP contribution in [0.2, 0.25) is 5.02 Å². The number of hydrogen-bond acceptors (Lipinski definition) is 2. The van der Waals surface area contributed by atoms with Crippen molar-refractivity contribution < 1.29 is 9.13 Å². The van der Waals surface area contributed by atoms with Crippen molar-refractivity contribution in [2.45, 2.75) is 25.5 Å². The fraction of sp³-hybridized carbons (Fsp3) is 0.294. The first-order chi connectivity index (χ1) is 10.2. The van der Waals surface area contributed by atoms with Crippen LogP contribution in [0.25, 0.3) is 0 Å². The molecule has 4 heteroatoms. The first kappa shape index (κ1) is 14.4. The Balaban J connectivity index is 1.98. The Kier molecular flexibility index (Phi) is 4.13. The van der Waals surface area contributed by atoms with Gasteiger partial charge in [-0.3, -0.25) is 0 Å². The van der Waals surface area contributed by atoms with Gasteiger partial charge in [0.15, 0.2) is 0 Å². The van der Waals surface area contributed by atoms with E-state index in [4.69, 9.17) is 16.3 Å². The predicted octanol–water partition coefficient (Wildman–Crippen LogP) is 4.65. The lowest BCUT2D eigenvalue weighted by molar-refractivity contribution is 0.148. The second-order valence-corrected chi connectivity index (χ2v) is 5.54. The van der Waals surface area contributed by atoms with Crippen molar-refractivity contribution in [1.29, 1.82) is 0 Å². The van der Waals surface area contributed by atoms with Gasteiger partial charge in [-0.1, -0.05) is 48.9 Å². The summed E-state index contributed by atoms with van der Waals surface area (Å²) in [5.74, 6) is 0.415. The molecular weight excluding hydrogens is 289 g/mol. The van der Waals surface area contributed by atoms with E-state index in [0.717, 1.165) is 17.9 Å². The molecule has 0 bridgehead atoms. The minimum atomic E-state index is -0.390. The molecule has 0 amide bonds. The van der Waals surface area contributed by atoms with Gasteiger partial charge in [0.25, 0.3) is 0 Å². The van der Waals surface area contributed by atoms with Gasteiger partial charge in [0, 0.05) is 23.6 Å². The van der Waals surface area contributed by atoms with Crippen molar-refractivity contribution in [1.82, 2.24) is 5.32 Å². The lowest BCUT2D eigenvalue weighted by Crippen LogP contribution is -2.29. The summed E-state index contributed by atoms with van der Waals surface area (Å²) in [5, 5.41) is 3.57. The summed E-state index contributed by atoms with van der Waals surface area (Å²) in [6.07, 6.45) is 0.352. The molecule has 0 aliphatic carbocycles. The van der Waals surface area contributed by atoms with Gasteiger partial charge in [0.2, 0.25) is 0 Å². The Hall–Kier alpha value is -1.58. The molecule has 0 saturated heterocycles. The smallest absolute Gasteiger partial charge is 0.148 e. The third-order valence-corrected chi connectivity index (χ3v) is 4.08. The second kappa shape index (κ2) is 6.04. The van der Waals surface area contributed by atoms with Crippen LogP contribution in [-0.2, 0) is 0 Å². The molecule has 2 aromatic carbocycles. The molecule has 2 atom stereocenters. The molecule has 1 heterocycles. The average molecular weight is 306 g/mol. The summed E-state index contributed by atoms with van der Waals surface area (Å²) < 4.78 is 20.2. The fourth-order valence-corrected chi connectivity index (χ4v) is 3.00. The molecule has 2 aromatic rings. The summed E-state index contributed by atoms with van der Waals surface area (Å²) in [5.41, 5.74) is 1.64. The van der Waals surface area contributed by atoms with E-state index in [-0.39, 0.29) is 17.2 Å². The number of benzene rings is 2. The number of ether oxygens (including phenoxy) is 1. The third kappa shape index (κ3) is 2.76. The van der Waals surface area contributed by atoms with Gasteiger partial charge < -0.3 is 10.1 Å². The van der Waals surface area contributed by atoms with Crippen LogP contribution in [0.1, 0.15) is 36.6 Å². The number of nitrogens with one attached hydrogen (secondary N) is 1. The van der Waals surface area contributed by atoms with Crippen LogP contribution < -0.4 is 10.1 Å². The lowest BCUT2D eigenvalue weighted by Gasteiger charge is -2.33. The predicted molar refractivity (Wildman–Crippen MR) is 82.3 cm³/mol. The number of hydrogen-bond donors (Lipinski definition) is 1. The summed E-state index contributed by atoms with van der Waals surface area (Å²) in [7, 11) is 0. The topological polar surface area (TPSA) is 21.3 Å². The van der Waals surface area contributed by atoms with Crippen LogP contribution in [0.15, 0.2) is 42.5 Å². The number of rotatable bonds is 3. The van der Waals surface area contributed by atoms with E-state index in [9.17, 15) is 4.39 Å². The number of para-hydroxylation sites is 1. The quantitative estimate of drug-likeness (QED) is 0.891. The molecule has 2 nitrogen and oxygen atoms in total. The van der Waals surface area contributed by atoms with Crippen molar-refractivity contribution >= 4 is 11.6 Å². The Labute approximate surface area is 128 Å². The highest BCUT2D eigenvalue weighted by molar-refractivity contribution is 6.30. The van der Waals surface area contributed by atoms with Crippen LogP contribution in [0.3, 0.4) is 0 Å². The Bertz CT molecular complexity index is 646. The minimum Gasteiger partial charge on any atom is -0.485 e. The Morgan fingerprint density at radius 3 is 2.76 bits per heavy atom. The van der Waals surface area contributed by atoms with Gasteiger partial charge in [-0.2, -0.15) is 0 Å². The zero-order valence-electron chi connectivity index (χ0n) is 11.8. The van der Waals surface area contributed by atoms with Crippen LogP contribution in [0.4, 0.5) is 4.39 Å². The number of fused-ring (bicyclic) bond motifs is 1. The van der Waals surface area contributed by atoms with Gasteiger partial charge in [-0.15, -0.1) is 0 Å². The van der Waals surface area contributed by atoms with Crippen molar-refractivity contribution in [3.63, 3.8) is 0 Å². The molecule has 2 unspecified atom stereocenters. The second-order valence-electron chi connectivity index (χ2n) is 5.13. The third-order valence-electron chi connectivity index (χ3n) is 3.79. The highest BCUT2D eigenvalue weighted by Gasteiger charge is 2.30. The molecular formula is C17H17ClFNO. The van der Waals surface area contributed by atoms with E-state index in [1.165, 1.54) is 0 Å². The molecule has 0 radical (unpaired) electrons. The average Bonchev–Trinajstić information content (AvgIpc) is 2.50. The monoisotopic (exact) mass is 305 g/mol. The highest BCUT2D eigenvalue weighted by atomic mass is 35.5. The van der Waals surface area contributed by atoms with E-state index in [1.54, 1.807) is 18.2 Å². The molecule has 1 N–H and O–H groups in total. The molecule has 1 aliphatic rings. The van der Waals surface area contributed by atoms with Crippen molar-refractivity contribution in [2.24, 2.45) is 0 Å². The van der Waals surface area contributed by atoms with Crippen molar-refractivity contribution in [2.75, 3.05) is 6.54 Å². The van der Waals surface area contributed by atoms with Gasteiger partial charge in [-0.05, 0) is 18.7 Å². The van der Waals surface area contributed by atoms with E-state index in [1.807, 2.05) is 24.3 Å². The summed E-state index contributed by atoms with van der Waals surface area (Å²) in [4.78, 5) is 0. The Morgan fingerprint density at radius 2 is 1.95 bits per heavy atom. The molecule has 0 saturated carbocycles.